The molecular weight excluding hydrogens is 236 g/mol. The number of hydrogen-bond donors (Lipinski definition) is 2. The first-order valence-electron chi connectivity index (χ1n) is 5.62. The Bertz CT molecular complexity index is 424. The number of aromatic hydroxyl groups is 1. The third-order valence-corrected chi connectivity index (χ3v) is 2.08. The van der Waals surface area contributed by atoms with Gasteiger partial charge in [0.15, 0.2) is 11.5 Å². The summed E-state index contributed by atoms with van der Waals surface area (Å²) in [4.78, 5) is 10.5. The molecule has 0 heterocycles. The van der Waals surface area contributed by atoms with E-state index in [1.807, 2.05) is 0 Å². The molecule has 1 aromatic rings. The van der Waals surface area contributed by atoms with Crippen molar-refractivity contribution in [3.63, 3.8) is 0 Å². The summed E-state index contributed by atoms with van der Waals surface area (Å²) in [5.41, 5.74) is 0.585. The zero-order valence-corrected chi connectivity index (χ0v) is 10.3. The van der Waals surface area contributed by atoms with Gasteiger partial charge in [0.2, 0.25) is 5.75 Å². The van der Waals surface area contributed by atoms with Crippen LogP contribution in [0.4, 0.5) is 0 Å². The Hall–Kier alpha value is -2.17. The summed E-state index contributed by atoms with van der Waals surface area (Å²) in [6, 6.07) is 3.11. The molecule has 5 nitrogen and oxygen atoms in total. The van der Waals surface area contributed by atoms with Gasteiger partial charge in [0.25, 0.3) is 0 Å². The molecule has 0 bridgehead atoms. The molecule has 0 saturated heterocycles. The minimum Gasteiger partial charge on any atom is -0.502 e. The lowest BCUT2D eigenvalue weighted by atomic mass is 10.1. The summed E-state index contributed by atoms with van der Waals surface area (Å²) in [7, 11) is 0. The van der Waals surface area contributed by atoms with Gasteiger partial charge in [0.05, 0.1) is 13.2 Å². The van der Waals surface area contributed by atoms with Crippen LogP contribution in [-0.2, 0) is 4.79 Å². The first-order valence-corrected chi connectivity index (χ1v) is 5.62. The van der Waals surface area contributed by atoms with Crippen LogP contribution in [0.1, 0.15) is 19.4 Å². The number of phenolic OH excluding ortho intramolecular Hbond substituents is 1. The predicted molar refractivity (Wildman–Crippen MR) is 67.1 cm³/mol. The fraction of sp³-hybridized carbons (Fsp3) is 0.308. The number of carboxylic acids is 1. The summed E-state index contributed by atoms with van der Waals surface area (Å²) < 4.78 is 10.5. The lowest BCUT2D eigenvalue weighted by molar-refractivity contribution is -0.131. The first-order chi connectivity index (χ1) is 8.58. The van der Waals surface area contributed by atoms with Crippen molar-refractivity contribution in [3.8, 4) is 17.2 Å². The van der Waals surface area contributed by atoms with E-state index in [2.05, 4.69) is 0 Å². The van der Waals surface area contributed by atoms with Crippen LogP contribution >= 0.6 is 0 Å². The molecule has 18 heavy (non-hydrogen) atoms. The van der Waals surface area contributed by atoms with Gasteiger partial charge < -0.3 is 19.7 Å². The van der Waals surface area contributed by atoms with E-state index in [9.17, 15) is 9.90 Å². The minimum atomic E-state index is -1.04. The Balaban J connectivity index is 3.15. The molecule has 0 spiro atoms. The molecule has 0 atom stereocenters. The molecule has 0 radical (unpaired) electrons. The monoisotopic (exact) mass is 252 g/mol. The zero-order chi connectivity index (χ0) is 13.5. The Morgan fingerprint density at radius 1 is 1.22 bits per heavy atom. The van der Waals surface area contributed by atoms with Gasteiger partial charge in [0.1, 0.15) is 0 Å². The van der Waals surface area contributed by atoms with Crippen molar-refractivity contribution in [3.05, 3.63) is 23.8 Å². The average molecular weight is 252 g/mol. The highest BCUT2D eigenvalue weighted by molar-refractivity contribution is 5.85. The number of benzene rings is 1. The molecule has 1 aromatic carbocycles. The second kappa shape index (κ2) is 6.54. The number of ether oxygens (including phenoxy) is 2. The molecule has 0 aliphatic heterocycles. The van der Waals surface area contributed by atoms with Crippen LogP contribution < -0.4 is 9.47 Å². The van der Waals surface area contributed by atoms with Crippen molar-refractivity contribution < 1.29 is 24.5 Å². The van der Waals surface area contributed by atoms with E-state index >= 15 is 0 Å². The molecule has 0 unspecified atom stereocenters. The highest BCUT2D eigenvalue weighted by Crippen LogP contribution is 2.37. The lowest BCUT2D eigenvalue weighted by Crippen LogP contribution is -1.97. The van der Waals surface area contributed by atoms with E-state index in [0.717, 1.165) is 6.08 Å². The summed E-state index contributed by atoms with van der Waals surface area (Å²) in [6.07, 6.45) is 2.42. The van der Waals surface area contributed by atoms with Gasteiger partial charge in [-0.25, -0.2) is 4.79 Å². The number of hydrogen-bond acceptors (Lipinski definition) is 4. The Kier molecular flexibility index (Phi) is 5.05. The molecule has 0 aromatic heterocycles. The molecule has 0 aliphatic rings. The quantitative estimate of drug-likeness (QED) is 0.760. The lowest BCUT2D eigenvalue weighted by Gasteiger charge is -2.12. The number of aliphatic carboxylic acids is 1. The van der Waals surface area contributed by atoms with Crippen molar-refractivity contribution >= 4 is 12.0 Å². The SMILES string of the molecule is CCOc1cc(/C=C/C(=O)O)cc(OCC)c1O. The fourth-order valence-corrected chi connectivity index (χ4v) is 1.40. The highest BCUT2D eigenvalue weighted by atomic mass is 16.5. The van der Waals surface area contributed by atoms with E-state index in [-0.39, 0.29) is 17.2 Å². The van der Waals surface area contributed by atoms with Gasteiger partial charge in [-0.3, -0.25) is 0 Å². The molecule has 0 saturated carbocycles. The molecule has 0 amide bonds. The van der Waals surface area contributed by atoms with E-state index in [0.29, 0.717) is 18.8 Å². The van der Waals surface area contributed by atoms with Crippen LogP contribution in [0.25, 0.3) is 6.08 Å². The first kappa shape index (κ1) is 13.9. The van der Waals surface area contributed by atoms with Crippen molar-refractivity contribution in [2.45, 2.75) is 13.8 Å². The maximum Gasteiger partial charge on any atom is 0.328 e. The zero-order valence-electron chi connectivity index (χ0n) is 10.3. The standard InChI is InChI=1S/C13H16O5/c1-3-17-10-7-9(5-6-12(14)15)8-11(13(10)16)18-4-2/h5-8,16H,3-4H2,1-2H3,(H,14,15)/b6-5+. The van der Waals surface area contributed by atoms with E-state index in [1.165, 1.54) is 6.08 Å². The van der Waals surface area contributed by atoms with Gasteiger partial charge in [-0.05, 0) is 37.6 Å². The second-order valence-corrected chi connectivity index (χ2v) is 3.40. The number of carboxylic acid groups (broad SMARTS) is 1. The molecule has 0 fully saturated rings. The highest BCUT2D eigenvalue weighted by Gasteiger charge is 2.11. The summed E-state index contributed by atoms with van der Waals surface area (Å²) in [5.74, 6) is -0.577. The predicted octanol–water partition coefficient (Wildman–Crippen LogP) is 2.29. The Morgan fingerprint density at radius 2 is 1.72 bits per heavy atom. The Labute approximate surface area is 105 Å². The van der Waals surface area contributed by atoms with Crippen LogP contribution in [0.2, 0.25) is 0 Å². The van der Waals surface area contributed by atoms with Gasteiger partial charge in [-0.15, -0.1) is 0 Å². The third-order valence-electron chi connectivity index (χ3n) is 2.08. The second-order valence-electron chi connectivity index (χ2n) is 3.40. The largest absolute Gasteiger partial charge is 0.502 e. The number of carbonyl (C=O) groups is 1. The summed E-state index contributed by atoms with van der Waals surface area (Å²) >= 11 is 0. The van der Waals surface area contributed by atoms with Gasteiger partial charge in [0, 0.05) is 6.08 Å². The van der Waals surface area contributed by atoms with Gasteiger partial charge >= 0.3 is 5.97 Å². The van der Waals surface area contributed by atoms with Crippen LogP contribution in [0.3, 0.4) is 0 Å². The van der Waals surface area contributed by atoms with Gasteiger partial charge in [-0.1, -0.05) is 0 Å². The van der Waals surface area contributed by atoms with Crippen molar-refractivity contribution in [1.82, 2.24) is 0 Å². The normalized spacial score (nSPS) is 10.6. The smallest absolute Gasteiger partial charge is 0.328 e. The topological polar surface area (TPSA) is 76.0 Å². The third kappa shape index (κ3) is 3.69. The van der Waals surface area contributed by atoms with E-state index in [4.69, 9.17) is 14.6 Å². The molecule has 1 rings (SSSR count). The summed E-state index contributed by atoms with van der Waals surface area (Å²) in [5, 5.41) is 18.4. The Morgan fingerprint density at radius 3 is 2.11 bits per heavy atom. The van der Waals surface area contributed by atoms with Crippen LogP contribution in [0, 0.1) is 0 Å². The fourth-order valence-electron chi connectivity index (χ4n) is 1.40. The minimum absolute atomic E-state index is 0.0776. The molecule has 98 valence electrons. The van der Waals surface area contributed by atoms with E-state index in [1.54, 1.807) is 26.0 Å². The van der Waals surface area contributed by atoms with Crippen LogP contribution in [0.5, 0.6) is 17.2 Å². The number of phenols is 1. The van der Waals surface area contributed by atoms with Crippen molar-refractivity contribution in [2.75, 3.05) is 13.2 Å². The molecule has 0 aliphatic carbocycles. The molecule has 5 heteroatoms. The van der Waals surface area contributed by atoms with Gasteiger partial charge in [-0.2, -0.15) is 0 Å². The number of rotatable bonds is 6. The summed E-state index contributed by atoms with van der Waals surface area (Å²) in [6.45, 7) is 4.37. The van der Waals surface area contributed by atoms with E-state index < -0.39 is 5.97 Å². The molecular formula is C13H16O5. The van der Waals surface area contributed by atoms with Crippen LogP contribution in [0.15, 0.2) is 18.2 Å². The van der Waals surface area contributed by atoms with Crippen LogP contribution in [-0.4, -0.2) is 29.4 Å². The van der Waals surface area contributed by atoms with Crippen molar-refractivity contribution in [2.24, 2.45) is 0 Å². The maximum atomic E-state index is 10.5. The van der Waals surface area contributed by atoms with Crippen molar-refractivity contribution in [1.29, 1.82) is 0 Å². The maximum absolute atomic E-state index is 10.5. The average Bonchev–Trinajstić information content (AvgIpc) is 2.32. The molecule has 2 N–H and O–H groups in total.